The van der Waals surface area contributed by atoms with Gasteiger partial charge in [-0.1, -0.05) is 30.3 Å². The second-order valence-corrected chi connectivity index (χ2v) is 7.66. The maximum atomic E-state index is 13.3. The number of aromatic nitrogens is 2. The van der Waals surface area contributed by atoms with Crippen LogP contribution in [0.25, 0.3) is 10.9 Å². The second-order valence-electron chi connectivity index (χ2n) is 7.66. The number of anilines is 1. The molecule has 0 fully saturated rings. The summed E-state index contributed by atoms with van der Waals surface area (Å²) in [6.45, 7) is 2.65. The smallest absolute Gasteiger partial charge is 0.353 e. The number of carboxylic acid groups (broad SMARTS) is 2. The van der Waals surface area contributed by atoms with Crippen LogP contribution in [0.15, 0.2) is 36.5 Å². The number of amides is 1. The molecule has 0 atom stereocenters. The number of benzene rings is 1. The van der Waals surface area contributed by atoms with Gasteiger partial charge in [0.15, 0.2) is 0 Å². The number of hydroxylamine groups is 2. The summed E-state index contributed by atoms with van der Waals surface area (Å²) in [7, 11) is 0. The van der Waals surface area contributed by atoms with E-state index in [1.54, 1.807) is 23.6 Å². The summed E-state index contributed by atoms with van der Waals surface area (Å²) in [5, 5.41) is 19.4. The van der Waals surface area contributed by atoms with E-state index in [-0.39, 0.29) is 33.8 Å². The molecule has 12 nitrogen and oxygen atoms in total. The molecule has 174 valence electrons. The van der Waals surface area contributed by atoms with Gasteiger partial charge in [0.1, 0.15) is 0 Å². The van der Waals surface area contributed by atoms with Crippen molar-refractivity contribution in [2.75, 3.05) is 5.73 Å². The number of ketones is 2. The molecule has 4 heterocycles. The minimum atomic E-state index is -3.68. The molecule has 0 unspecified atom stereocenters. The van der Waals surface area contributed by atoms with Crippen molar-refractivity contribution in [3.8, 4) is 5.88 Å². The van der Waals surface area contributed by atoms with Crippen molar-refractivity contribution in [1.29, 1.82) is 0 Å². The third-order valence-corrected chi connectivity index (χ3v) is 5.70. The zero-order chi connectivity index (χ0) is 24.9. The minimum absolute atomic E-state index is 0.0323. The molecule has 0 spiro atoms. The first-order valence-electron chi connectivity index (χ1n) is 9.89. The number of pyridine rings is 1. The van der Waals surface area contributed by atoms with Gasteiger partial charge >= 0.3 is 17.5 Å². The number of hydrogen-bond donors (Lipinski definition) is 3. The summed E-state index contributed by atoms with van der Waals surface area (Å²) >= 11 is 0. The number of Topliss-reactive ketones (excluding diaryl/α,β-unsaturated/α-hetero) is 2. The van der Waals surface area contributed by atoms with Crippen LogP contribution in [-0.2, 0) is 25.7 Å². The second kappa shape index (κ2) is 7.69. The molecule has 4 N–H and O–H groups in total. The van der Waals surface area contributed by atoms with E-state index in [1.165, 1.54) is 0 Å². The van der Waals surface area contributed by atoms with E-state index in [1.807, 2.05) is 18.2 Å². The van der Waals surface area contributed by atoms with Crippen LogP contribution in [0.2, 0.25) is 0 Å². The number of rotatable bonds is 4. The Bertz CT molecular complexity index is 1400. The summed E-state index contributed by atoms with van der Waals surface area (Å²) < 4.78 is 1.61. The minimum Gasteiger partial charge on any atom is -0.479 e. The number of nitrogens with two attached hydrogens (primary N) is 1. The average molecular weight is 466 g/mol. The van der Waals surface area contributed by atoms with E-state index in [4.69, 9.17) is 10.6 Å². The van der Waals surface area contributed by atoms with Gasteiger partial charge in [0, 0.05) is 25.4 Å². The van der Waals surface area contributed by atoms with Crippen LogP contribution < -0.4 is 10.6 Å². The van der Waals surface area contributed by atoms with Crippen LogP contribution in [0.5, 0.6) is 5.88 Å². The van der Waals surface area contributed by atoms with Gasteiger partial charge in [-0.3, -0.25) is 14.4 Å². The lowest BCUT2D eigenvalue weighted by molar-refractivity contribution is -0.202. The van der Waals surface area contributed by atoms with Crippen molar-refractivity contribution in [1.82, 2.24) is 14.6 Å². The van der Waals surface area contributed by atoms with Gasteiger partial charge in [-0.2, -0.15) is 0 Å². The Balaban J connectivity index is 2.09. The lowest BCUT2D eigenvalue weighted by Crippen LogP contribution is -2.69. The Morgan fingerprint density at radius 2 is 1.74 bits per heavy atom. The van der Waals surface area contributed by atoms with Gasteiger partial charge < -0.3 is 25.4 Å². The zero-order valence-corrected chi connectivity index (χ0v) is 17.9. The molecule has 1 aromatic carbocycles. The Kier molecular flexibility index (Phi) is 5.08. The number of fused-ring (bicyclic) bond motifs is 5. The van der Waals surface area contributed by atoms with Crippen molar-refractivity contribution in [2.24, 2.45) is 0 Å². The number of nitrogens with zero attached hydrogens (tertiary/aromatic N) is 3. The van der Waals surface area contributed by atoms with E-state index < -0.39 is 40.8 Å². The number of carbonyl (C=O) groups is 5. The fourth-order valence-electron chi connectivity index (χ4n) is 3.99. The van der Waals surface area contributed by atoms with E-state index in [0.717, 1.165) is 18.7 Å². The Morgan fingerprint density at radius 3 is 2.29 bits per heavy atom. The van der Waals surface area contributed by atoms with Crippen molar-refractivity contribution in [3.05, 3.63) is 53.3 Å². The van der Waals surface area contributed by atoms with Crippen LogP contribution in [0.3, 0.4) is 0 Å². The molecular formula is C22H18N4O8. The predicted molar refractivity (Wildman–Crippen MR) is 115 cm³/mol. The zero-order valence-electron chi connectivity index (χ0n) is 17.9. The third kappa shape index (κ3) is 2.92. The standard InChI is InChI=1S/C22H18N4O8/c1-10-15(23)14-16(25(10)9-12-6-4-3-5-7-12)13-8-24-19(14)34-26(11(2)27)22(20(30)31,21(32)33)18(29)17(13)28/h3-8H,9,23H2,1-2H3,(H,30,31)(H,32,33). The monoisotopic (exact) mass is 466 g/mol. The predicted octanol–water partition coefficient (Wildman–Crippen LogP) is 0.791. The molecule has 12 heteroatoms. The average Bonchev–Trinajstić information content (AvgIpc) is 3.06. The van der Waals surface area contributed by atoms with Gasteiger partial charge in [0.25, 0.3) is 17.6 Å². The highest BCUT2D eigenvalue weighted by atomic mass is 16.7. The summed E-state index contributed by atoms with van der Waals surface area (Å²) in [6, 6.07) is 9.07. The molecule has 2 aliphatic heterocycles. The van der Waals surface area contributed by atoms with E-state index in [2.05, 4.69) is 4.98 Å². The topological polar surface area (TPSA) is 182 Å². The Labute approximate surface area is 191 Å². The highest BCUT2D eigenvalue weighted by molar-refractivity contribution is 6.55. The molecule has 1 amide bonds. The molecule has 2 aromatic heterocycles. The fourth-order valence-corrected chi connectivity index (χ4v) is 3.99. The number of carboxylic acids is 2. The summed E-state index contributed by atoms with van der Waals surface area (Å²) in [6.07, 6.45) is 0.969. The number of aliphatic carboxylic acids is 2. The third-order valence-electron chi connectivity index (χ3n) is 5.70. The highest BCUT2D eigenvalue weighted by Gasteiger charge is 2.65. The van der Waals surface area contributed by atoms with Gasteiger partial charge in [0.2, 0.25) is 5.78 Å². The SMILES string of the molecule is CC(=O)N1Oc2ncc(c3c2c(N)c(C)n3Cc2ccccc2)C(=O)C(=O)C1(C(=O)O)C(=O)O. The maximum absolute atomic E-state index is 13.3. The van der Waals surface area contributed by atoms with E-state index in [9.17, 15) is 34.2 Å². The van der Waals surface area contributed by atoms with Crippen molar-refractivity contribution in [3.63, 3.8) is 0 Å². The van der Waals surface area contributed by atoms with E-state index >= 15 is 0 Å². The normalized spacial score (nSPS) is 14.9. The molecule has 0 aliphatic carbocycles. The summed E-state index contributed by atoms with van der Waals surface area (Å²) in [5.74, 6) is -9.63. The number of carbonyl (C=O) groups excluding carboxylic acids is 3. The highest BCUT2D eigenvalue weighted by Crippen LogP contribution is 2.39. The first-order chi connectivity index (χ1) is 16.0. The van der Waals surface area contributed by atoms with Crippen LogP contribution in [-0.4, -0.2) is 59.8 Å². The van der Waals surface area contributed by atoms with Crippen LogP contribution in [0, 0.1) is 6.92 Å². The summed E-state index contributed by atoms with van der Waals surface area (Å²) in [5.41, 5.74) is 3.72. The van der Waals surface area contributed by atoms with E-state index in [0.29, 0.717) is 5.69 Å². The molecule has 2 bridgehead atoms. The quantitative estimate of drug-likeness (QED) is 0.367. The molecule has 0 saturated heterocycles. The molecule has 2 aliphatic rings. The molecular weight excluding hydrogens is 448 g/mol. The van der Waals surface area contributed by atoms with Gasteiger partial charge in [-0.15, -0.1) is 5.06 Å². The molecule has 0 saturated carbocycles. The van der Waals surface area contributed by atoms with Crippen molar-refractivity contribution in [2.45, 2.75) is 25.9 Å². The molecule has 34 heavy (non-hydrogen) atoms. The Morgan fingerprint density at radius 1 is 1.12 bits per heavy atom. The maximum Gasteiger partial charge on any atom is 0.353 e. The lowest BCUT2D eigenvalue weighted by atomic mass is 9.88. The van der Waals surface area contributed by atoms with Crippen molar-refractivity contribution >= 4 is 46.0 Å². The van der Waals surface area contributed by atoms with Gasteiger partial charge in [-0.25, -0.2) is 14.6 Å². The first-order valence-corrected chi connectivity index (χ1v) is 9.89. The molecule has 5 rings (SSSR count). The molecule has 3 aromatic rings. The van der Waals surface area contributed by atoms with Crippen LogP contribution in [0.1, 0.15) is 28.5 Å². The van der Waals surface area contributed by atoms with Gasteiger partial charge in [0.05, 0.1) is 22.2 Å². The summed E-state index contributed by atoms with van der Waals surface area (Å²) in [4.78, 5) is 72.5. The number of hydrogen-bond acceptors (Lipinski definition) is 8. The largest absolute Gasteiger partial charge is 0.479 e. The van der Waals surface area contributed by atoms with Crippen LogP contribution >= 0.6 is 0 Å². The Hall–Kier alpha value is -4.74. The van der Waals surface area contributed by atoms with Gasteiger partial charge in [-0.05, 0) is 12.5 Å². The molecule has 0 radical (unpaired) electrons. The first kappa shape index (κ1) is 22.5. The van der Waals surface area contributed by atoms with Crippen LogP contribution in [0.4, 0.5) is 5.69 Å². The van der Waals surface area contributed by atoms with Crippen molar-refractivity contribution < 1.29 is 39.0 Å². The fraction of sp³-hybridized carbons (Fsp3) is 0.182. The lowest BCUT2D eigenvalue weighted by Gasteiger charge is -2.32. The number of nitrogen functional groups attached to an aromatic ring is 1.